The summed E-state index contributed by atoms with van der Waals surface area (Å²) in [5.74, 6) is 0. The molecule has 90 valence electrons. The highest BCUT2D eigenvalue weighted by molar-refractivity contribution is 9.10. The summed E-state index contributed by atoms with van der Waals surface area (Å²) in [6.07, 6.45) is 3.45. The molecule has 0 aliphatic rings. The Labute approximate surface area is 109 Å². The highest BCUT2D eigenvalue weighted by Gasteiger charge is 2.07. The number of para-hydroxylation sites is 1. The normalized spacial score (nSPS) is 10.9. The second-order valence-electron chi connectivity index (χ2n) is 4.07. The molecule has 0 aliphatic carbocycles. The molecular weight excluding hydrogens is 280 g/mol. The number of aryl methyl sites for hydroxylation is 1. The highest BCUT2D eigenvalue weighted by atomic mass is 79.9. The number of hydrogen-bond acceptors (Lipinski definition) is 2. The summed E-state index contributed by atoms with van der Waals surface area (Å²) in [5, 5.41) is 5.02. The number of halogens is 1. The van der Waals surface area contributed by atoms with Gasteiger partial charge in [0.15, 0.2) is 4.60 Å². The van der Waals surface area contributed by atoms with Crippen LogP contribution in [0.5, 0.6) is 0 Å². The van der Waals surface area contributed by atoms with Crippen LogP contribution in [0.4, 0.5) is 0 Å². The minimum absolute atomic E-state index is 0.0349. The van der Waals surface area contributed by atoms with Crippen molar-refractivity contribution in [3.05, 3.63) is 39.1 Å². The predicted octanol–water partition coefficient (Wildman–Crippen LogP) is 3.35. The fourth-order valence-electron chi connectivity index (χ4n) is 1.89. The molecule has 0 saturated heterocycles. The van der Waals surface area contributed by atoms with E-state index in [1.165, 1.54) is 12.8 Å². The van der Waals surface area contributed by atoms with Crippen LogP contribution in [0.3, 0.4) is 0 Å². The van der Waals surface area contributed by atoms with E-state index in [-0.39, 0.29) is 5.43 Å². The molecule has 2 aromatic rings. The Morgan fingerprint density at radius 3 is 2.82 bits per heavy atom. The van der Waals surface area contributed by atoms with Gasteiger partial charge in [-0.25, -0.2) is 0 Å². The van der Waals surface area contributed by atoms with E-state index in [2.05, 4.69) is 28.0 Å². The molecule has 3 nitrogen and oxygen atoms in total. The molecule has 17 heavy (non-hydrogen) atoms. The zero-order valence-corrected chi connectivity index (χ0v) is 11.4. The van der Waals surface area contributed by atoms with Gasteiger partial charge in [0.25, 0.3) is 0 Å². The maximum atomic E-state index is 11.9. The summed E-state index contributed by atoms with van der Waals surface area (Å²) >= 11 is 3.23. The van der Waals surface area contributed by atoms with Crippen molar-refractivity contribution in [2.75, 3.05) is 0 Å². The Kier molecular flexibility index (Phi) is 3.94. The molecule has 0 saturated carbocycles. The van der Waals surface area contributed by atoms with Gasteiger partial charge in [-0.15, -0.1) is 0 Å². The number of fused-ring (bicyclic) bond motifs is 1. The fraction of sp³-hybridized carbons (Fsp3) is 0.385. The molecule has 2 rings (SSSR count). The van der Waals surface area contributed by atoms with E-state index in [9.17, 15) is 4.79 Å². The number of benzene rings is 1. The van der Waals surface area contributed by atoms with E-state index in [4.69, 9.17) is 0 Å². The van der Waals surface area contributed by atoms with Gasteiger partial charge in [0, 0.05) is 6.54 Å². The number of aromatic nitrogens is 2. The van der Waals surface area contributed by atoms with Gasteiger partial charge in [-0.05, 0) is 34.5 Å². The summed E-state index contributed by atoms with van der Waals surface area (Å²) in [4.78, 5) is 11.9. The van der Waals surface area contributed by atoms with Gasteiger partial charge in [-0.2, -0.15) is 5.10 Å². The lowest BCUT2D eigenvalue weighted by atomic mass is 10.2. The summed E-state index contributed by atoms with van der Waals surface area (Å²) in [6.45, 7) is 3.03. The van der Waals surface area contributed by atoms with E-state index in [1.54, 1.807) is 0 Å². The average Bonchev–Trinajstić information content (AvgIpc) is 2.36. The van der Waals surface area contributed by atoms with Gasteiger partial charge in [0.1, 0.15) is 0 Å². The summed E-state index contributed by atoms with van der Waals surface area (Å²) in [5.41, 5.74) is 0.879. The first-order valence-electron chi connectivity index (χ1n) is 5.89. The van der Waals surface area contributed by atoms with Crippen molar-refractivity contribution >= 4 is 26.8 Å². The van der Waals surface area contributed by atoms with Crippen molar-refractivity contribution < 1.29 is 0 Å². The molecule has 1 heterocycles. The molecular formula is C13H15BrN2O. The Hall–Kier alpha value is -1.16. The molecule has 4 heteroatoms. The maximum Gasteiger partial charge on any atom is 0.222 e. The topological polar surface area (TPSA) is 34.9 Å². The number of hydrogen-bond donors (Lipinski definition) is 0. The number of nitrogens with zero attached hydrogens (tertiary/aromatic N) is 2. The second kappa shape index (κ2) is 5.45. The van der Waals surface area contributed by atoms with Crippen molar-refractivity contribution in [1.29, 1.82) is 0 Å². The standard InChI is InChI=1S/C13H15BrN2O/c1-2-3-6-9-16-11-8-5-4-7-10(11)12(17)13(14)15-16/h4-5,7-8H,2-3,6,9H2,1H3. The van der Waals surface area contributed by atoms with Crippen molar-refractivity contribution in [3.8, 4) is 0 Å². The molecule has 0 unspecified atom stereocenters. The third kappa shape index (κ3) is 2.57. The molecule has 0 N–H and O–H groups in total. The van der Waals surface area contributed by atoms with Gasteiger partial charge < -0.3 is 0 Å². The molecule has 0 bridgehead atoms. The zero-order chi connectivity index (χ0) is 12.3. The highest BCUT2D eigenvalue weighted by Crippen LogP contribution is 2.12. The molecule has 0 aliphatic heterocycles. The molecule has 1 aromatic heterocycles. The van der Waals surface area contributed by atoms with Crippen LogP contribution in [0.1, 0.15) is 26.2 Å². The lowest BCUT2D eigenvalue weighted by Crippen LogP contribution is -2.14. The predicted molar refractivity (Wildman–Crippen MR) is 73.2 cm³/mol. The van der Waals surface area contributed by atoms with Crippen LogP contribution in [-0.2, 0) is 6.54 Å². The smallest absolute Gasteiger partial charge is 0.222 e. The van der Waals surface area contributed by atoms with Gasteiger partial charge >= 0.3 is 0 Å². The van der Waals surface area contributed by atoms with E-state index in [1.807, 2.05) is 28.9 Å². The van der Waals surface area contributed by atoms with Crippen LogP contribution in [0.2, 0.25) is 0 Å². The third-order valence-electron chi connectivity index (χ3n) is 2.80. The van der Waals surface area contributed by atoms with Gasteiger partial charge in [-0.3, -0.25) is 9.48 Å². The van der Waals surface area contributed by atoms with Crippen LogP contribution in [0.15, 0.2) is 33.7 Å². The molecule has 0 amide bonds. The van der Waals surface area contributed by atoms with Crippen LogP contribution < -0.4 is 5.43 Å². The number of unbranched alkanes of at least 4 members (excludes halogenated alkanes) is 2. The maximum absolute atomic E-state index is 11.9. The minimum atomic E-state index is -0.0349. The van der Waals surface area contributed by atoms with E-state index in [0.29, 0.717) is 4.60 Å². The van der Waals surface area contributed by atoms with Crippen molar-refractivity contribution in [3.63, 3.8) is 0 Å². The number of rotatable bonds is 4. The molecule has 0 fully saturated rings. The minimum Gasteiger partial charge on any atom is -0.286 e. The molecule has 0 spiro atoms. The van der Waals surface area contributed by atoms with E-state index < -0.39 is 0 Å². The third-order valence-corrected chi connectivity index (χ3v) is 3.31. The molecule has 0 radical (unpaired) electrons. The Morgan fingerprint density at radius 1 is 1.29 bits per heavy atom. The summed E-state index contributed by atoms with van der Waals surface area (Å²) in [6, 6.07) is 7.61. The lowest BCUT2D eigenvalue weighted by molar-refractivity contribution is 0.556. The van der Waals surface area contributed by atoms with Gasteiger partial charge in [-0.1, -0.05) is 31.9 Å². The molecule has 1 aromatic carbocycles. The Balaban J connectivity index is 2.48. The van der Waals surface area contributed by atoms with Crippen LogP contribution >= 0.6 is 15.9 Å². The Bertz CT molecular complexity index is 577. The molecule has 0 atom stereocenters. The average molecular weight is 295 g/mol. The fourth-order valence-corrected chi connectivity index (χ4v) is 2.29. The zero-order valence-electron chi connectivity index (χ0n) is 9.82. The first kappa shape index (κ1) is 12.3. The monoisotopic (exact) mass is 294 g/mol. The van der Waals surface area contributed by atoms with Crippen LogP contribution in [0, 0.1) is 0 Å². The first-order valence-corrected chi connectivity index (χ1v) is 6.68. The quantitative estimate of drug-likeness (QED) is 0.811. The Morgan fingerprint density at radius 2 is 2.06 bits per heavy atom. The van der Waals surface area contributed by atoms with Crippen molar-refractivity contribution in [2.45, 2.75) is 32.7 Å². The van der Waals surface area contributed by atoms with Crippen molar-refractivity contribution in [2.24, 2.45) is 0 Å². The largest absolute Gasteiger partial charge is 0.286 e. The van der Waals surface area contributed by atoms with Crippen LogP contribution in [0.25, 0.3) is 10.9 Å². The van der Waals surface area contributed by atoms with Crippen molar-refractivity contribution in [1.82, 2.24) is 9.78 Å². The summed E-state index contributed by atoms with van der Waals surface area (Å²) < 4.78 is 2.31. The summed E-state index contributed by atoms with van der Waals surface area (Å²) in [7, 11) is 0. The SMILES string of the molecule is CCCCCn1nc(Br)c(=O)c2ccccc21. The van der Waals surface area contributed by atoms with E-state index >= 15 is 0 Å². The van der Waals surface area contributed by atoms with Crippen LogP contribution in [-0.4, -0.2) is 9.78 Å². The lowest BCUT2D eigenvalue weighted by Gasteiger charge is -2.09. The van der Waals surface area contributed by atoms with Gasteiger partial charge in [0.05, 0.1) is 10.9 Å². The van der Waals surface area contributed by atoms with E-state index in [0.717, 1.165) is 23.9 Å². The second-order valence-corrected chi connectivity index (χ2v) is 4.82. The van der Waals surface area contributed by atoms with Gasteiger partial charge in [0.2, 0.25) is 5.43 Å². The first-order chi connectivity index (χ1) is 8.24.